The fourth-order valence-corrected chi connectivity index (χ4v) is 1.92. The second kappa shape index (κ2) is 5.69. The van der Waals surface area contributed by atoms with Gasteiger partial charge >= 0.3 is 0 Å². The molecule has 1 rings (SSSR count). The molecule has 0 aromatic carbocycles. The molecule has 0 aliphatic carbocycles. The standard InChI is InChI=1S/C11H24N2O/c1-4-11-8-13(5-6-14-11)10(3)9(2)7-12/h9-11H,4-8,12H2,1-3H3. The maximum Gasteiger partial charge on any atom is 0.0700 e. The summed E-state index contributed by atoms with van der Waals surface area (Å²) in [5.41, 5.74) is 5.69. The van der Waals surface area contributed by atoms with Crippen molar-refractivity contribution in [3.05, 3.63) is 0 Å². The van der Waals surface area contributed by atoms with E-state index < -0.39 is 0 Å². The van der Waals surface area contributed by atoms with Crippen LogP contribution in [0, 0.1) is 5.92 Å². The van der Waals surface area contributed by atoms with E-state index >= 15 is 0 Å². The van der Waals surface area contributed by atoms with E-state index in [1.165, 1.54) is 0 Å². The molecule has 1 saturated heterocycles. The fraction of sp³-hybridized carbons (Fsp3) is 1.00. The average Bonchev–Trinajstić information content (AvgIpc) is 2.27. The molecule has 2 N–H and O–H groups in total. The van der Waals surface area contributed by atoms with E-state index in [-0.39, 0.29) is 0 Å². The van der Waals surface area contributed by atoms with Crippen LogP contribution in [-0.2, 0) is 4.74 Å². The molecule has 0 aromatic heterocycles. The van der Waals surface area contributed by atoms with E-state index in [1.807, 2.05) is 0 Å². The molecule has 0 saturated carbocycles. The smallest absolute Gasteiger partial charge is 0.0700 e. The fourth-order valence-electron chi connectivity index (χ4n) is 1.92. The van der Waals surface area contributed by atoms with Gasteiger partial charge in [0.05, 0.1) is 12.7 Å². The zero-order valence-corrected chi connectivity index (χ0v) is 9.70. The third-order valence-electron chi connectivity index (χ3n) is 3.40. The topological polar surface area (TPSA) is 38.5 Å². The van der Waals surface area contributed by atoms with Crippen molar-refractivity contribution in [2.24, 2.45) is 11.7 Å². The molecule has 0 bridgehead atoms. The maximum absolute atomic E-state index is 5.69. The van der Waals surface area contributed by atoms with Crippen LogP contribution in [0.25, 0.3) is 0 Å². The monoisotopic (exact) mass is 200 g/mol. The van der Waals surface area contributed by atoms with Gasteiger partial charge in [0.25, 0.3) is 0 Å². The number of rotatable bonds is 4. The summed E-state index contributed by atoms with van der Waals surface area (Å²) in [5.74, 6) is 0.575. The Morgan fingerprint density at radius 1 is 1.50 bits per heavy atom. The maximum atomic E-state index is 5.69. The summed E-state index contributed by atoms with van der Waals surface area (Å²) in [6.45, 7) is 10.5. The van der Waals surface area contributed by atoms with Crippen LogP contribution in [-0.4, -0.2) is 43.3 Å². The molecule has 3 unspecified atom stereocenters. The van der Waals surface area contributed by atoms with Crippen molar-refractivity contribution < 1.29 is 4.74 Å². The van der Waals surface area contributed by atoms with Gasteiger partial charge in [0.1, 0.15) is 0 Å². The number of hydrogen-bond donors (Lipinski definition) is 1. The molecule has 14 heavy (non-hydrogen) atoms. The predicted octanol–water partition coefficient (Wildman–Crippen LogP) is 1.08. The third-order valence-corrected chi connectivity index (χ3v) is 3.40. The Morgan fingerprint density at radius 3 is 2.79 bits per heavy atom. The van der Waals surface area contributed by atoms with Gasteiger partial charge in [0, 0.05) is 19.1 Å². The molecule has 0 aromatic rings. The number of nitrogens with two attached hydrogens (primary N) is 1. The summed E-state index contributed by atoms with van der Waals surface area (Å²) in [6.07, 6.45) is 1.54. The number of hydrogen-bond acceptors (Lipinski definition) is 3. The van der Waals surface area contributed by atoms with Gasteiger partial charge in [-0.2, -0.15) is 0 Å². The van der Waals surface area contributed by atoms with E-state index in [1.54, 1.807) is 0 Å². The van der Waals surface area contributed by atoms with Crippen molar-refractivity contribution in [3.63, 3.8) is 0 Å². The van der Waals surface area contributed by atoms with Gasteiger partial charge in [-0.3, -0.25) is 4.90 Å². The lowest BCUT2D eigenvalue weighted by Gasteiger charge is -2.38. The van der Waals surface area contributed by atoms with Crippen LogP contribution in [0.1, 0.15) is 27.2 Å². The molecule has 84 valence electrons. The molecule has 1 fully saturated rings. The molecule has 3 heteroatoms. The summed E-state index contributed by atoms with van der Waals surface area (Å²) in [6, 6.07) is 0.581. The van der Waals surface area contributed by atoms with Gasteiger partial charge < -0.3 is 10.5 Å². The summed E-state index contributed by atoms with van der Waals surface area (Å²) in [5, 5.41) is 0. The first-order valence-electron chi connectivity index (χ1n) is 5.74. The first-order chi connectivity index (χ1) is 6.69. The molecule has 1 aliphatic rings. The lowest BCUT2D eigenvalue weighted by atomic mass is 10.0. The Kier molecular flexibility index (Phi) is 4.85. The Balaban J connectivity index is 2.42. The lowest BCUT2D eigenvalue weighted by Crippen LogP contribution is -2.49. The minimum atomic E-state index is 0.427. The first-order valence-corrected chi connectivity index (χ1v) is 5.74. The van der Waals surface area contributed by atoms with Gasteiger partial charge in [-0.1, -0.05) is 13.8 Å². The highest BCUT2D eigenvalue weighted by atomic mass is 16.5. The van der Waals surface area contributed by atoms with Crippen LogP contribution in [0.5, 0.6) is 0 Å². The molecule has 3 atom stereocenters. The first kappa shape index (κ1) is 12.0. The summed E-state index contributed by atoms with van der Waals surface area (Å²) in [4.78, 5) is 2.51. The van der Waals surface area contributed by atoms with E-state index in [9.17, 15) is 0 Å². The second-order valence-electron chi connectivity index (χ2n) is 4.35. The van der Waals surface area contributed by atoms with Crippen LogP contribution < -0.4 is 5.73 Å². The van der Waals surface area contributed by atoms with E-state index in [0.717, 1.165) is 32.7 Å². The van der Waals surface area contributed by atoms with Crippen molar-refractivity contribution in [2.75, 3.05) is 26.2 Å². The summed E-state index contributed by atoms with van der Waals surface area (Å²) >= 11 is 0. The SMILES string of the molecule is CCC1CN(C(C)C(C)CN)CCO1. The minimum absolute atomic E-state index is 0.427. The third kappa shape index (κ3) is 2.94. The highest BCUT2D eigenvalue weighted by molar-refractivity contribution is 4.78. The van der Waals surface area contributed by atoms with Crippen LogP contribution in [0.2, 0.25) is 0 Å². The van der Waals surface area contributed by atoms with E-state index in [4.69, 9.17) is 10.5 Å². The molecular weight excluding hydrogens is 176 g/mol. The number of morpholine rings is 1. The van der Waals surface area contributed by atoms with E-state index in [0.29, 0.717) is 18.1 Å². The molecule has 3 nitrogen and oxygen atoms in total. The number of ether oxygens (including phenoxy) is 1. The Bertz CT molecular complexity index is 161. The second-order valence-corrected chi connectivity index (χ2v) is 4.35. The van der Waals surface area contributed by atoms with Crippen molar-refractivity contribution in [1.29, 1.82) is 0 Å². The zero-order valence-electron chi connectivity index (χ0n) is 9.70. The summed E-state index contributed by atoms with van der Waals surface area (Å²) < 4.78 is 5.65. The minimum Gasteiger partial charge on any atom is -0.376 e. The highest BCUT2D eigenvalue weighted by Gasteiger charge is 2.25. The number of nitrogens with zero attached hydrogens (tertiary/aromatic N) is 1. The predicted molar refractivity (Wildman–Crippen MR) is 59.3 cm³/mol. The van der Waals surface area contributed by atoms with Crippen molar-refractivity contribution in [2.45, 2.75) is 39.3 Å². The molecule has 1 aliphatic heterocycles. The van der Waals surface area contributed by atoms with Gasteiger partial charge in [0.2, 0.25) is 0 Å². The average molecular weight is 200 g/mol. The van der Waals surface area contributed by atoms with Gasteiger partial charge in [-0.25, -0.2) is 0 Å². The molecule has 1 heterocycles. The molecule has 0 radical (unpaired) electrons. The van der Waals surface area contributed by atoms with Crippen molar-refractivity contribution in [3.8, 4) is 0 Å². The van der Waals surface area contributed by atoms with Gasteiger partial charge in [-0.15, -0.1) is 0 Å². The van der Waals surface area contributed by atoms with Gasteiger partial charge in [0.15, 0.2) is 0 Å². The Morgan fingerprint density at radius 2 is 2.21 bits per heavy atom. The molecular formula is C11H24N2O. The van der Waals surface area contributed by atoms with Crippen LogP contribution in [0.3, 0.4) is 0 Å². The lowest BCUT2D eigenvalue weighted by molar-refractivity contribution is -0.0483. The van der Waals surface area contributed by atoms with Crippen LogP contribution in [0.15, 0.2) is 0 Å². The zero-order chi connectivity index (χ0) is 10.6. The quantitative estimate of drug-likeness (QED) is 0.738. The van der Waals surface area contributed by atoms with Crippen LogP contribution >= 0.6 is 0 Å². The van der Waals surface area contributed by atoms with Crippen molar-refractivity contribution >= 4 is 0 Å². The molecule has 0 amide bonds. The van der Waals surface area contributed by atoms with Crippen LogP contribution in [0.4, 0.5) is 0 Å². The van der Waals surface area contributed by atoms with E-state index in [2.05, 4.69) is 25.7 Å². The normalized spacial score (nSPS) is 28.7. The van der Waals surface area contributed by atoms with Crippen molar-refractivity contribution in [1.82, 2.24) is 4.90 Å². The van der Waals surface area contributed by atoms with Gasteiger partial charge in [-0.05, 0) is 25.8 Å². The Labute approximate surface area is 87.6 Å². The summed E-state index contributed by atoms with van der Waals surface area (Å²) in [7, 11) is 0. The molecule has 0 spiro atoms. The Hall–Kier alpha value is -0.120. The highest BCUT2D eigenvalue weighted by Crippen LogP contribution is 2.15. The largest absolute Gasteiger partial charge is 0.376 e.